The normalized spacial score (nSPS) is 31.4. The van der Waals surface area contributed by atoms with Gasteiger partial charge in [0.15, 0.2) is 0 Å². The monoisotopic (exact) mass is 286 g/mol. The van der Waals surface area contributed by atoms with E-state index in [0.29, 0.717) is 19.1 Å². The first-order valence-corrected chi connectivity index (χ1v) is 7.56. The molecule has 3 heteroatoms. The van der Waals surface area contributed by atoms with Crippen molar-refractivity contribution < 1.29 is 14.3 Å². The Morgan fingerprint density at radius 2 is 2.14 bits per heavy atom. The molecule has 112 valence electrons. The van der Waals surface area contributed by atoms with Crippen LogP contribution in [-0.2, 0) is 14.3 Å². The van der Waals surface area contributed by atoms with Crippen LogP contribution in [-0.4, -0.2) is 19.2 Å². The van der Waals surface area contributed by atoms with Gasteiger partial charge in [-0.2, -0.15) is 0 Å². The predicted molar refractivity (Wildman–Crippen MR) is 80.7 cm³/mol. The molecule has 3 nitrogen and oxygen atoms in total. The highest BCUT2D eigenvalue weighted by Crippen LogP contribution is 2.50. The zero-order valence-electron chi connectivity index (χ0n) is 12.7. The number of esters is 1. The molecule has 1 saturated heterocycles. The summed E-state index contributed by atoms with van der Waals surface area (Å²) in [6.45, 7) is 4.77. The van der Waals surface area contributed by atoms with Gasteiger partial charge < -0.3 is 9.47 Å². The van der Waals surface area contributed by atoms with Crippen molar-refractivity contribution in [3.8, 4) is 0 Å². The van der Waals surface area contributed by atoms with Crippen LogP contribution in [0.15, 0.2) is 42.0 Å². The van der Waals surface area contributed by atoms with Crippen molar-refractivity contribution in [3.63, 3.8) is 0 Å². The third-order valence-electron chi connectivity index (χ3n) is 4.74. The number of allylic oxidation sites excluding steroid dienone is 1. The average Bonchev–Trinajstić information content (AvgIpc) is 2.51. The largest absolute Gasteiger partial charge is 0.465 e. The summed E-state index contributed by atoms with van der Waals surface area (Å²) < 4.78 is 11.5. The SMILES string of the molecule is CC(=O)OC[C@]12CC=C(C)[C@@H](C1)[C@H](c1ccccc1)OC2. The topological polar surface area (TPSA) is 35.5 Å². The van der Waals surface area contributed by atoms with E-state index in [1.165, 1.54) is 18.1 Å². The van der Waals surface area contributed by atoms with Crippen LogP contribution >= 0.6 is 0 Å². The Balaban J connectivity index is 1.81. The highest BCUT2D eigenvalue weighted by atomic mass is 16.5. The van der Waals surface area contributed by atoms with E-state index < -0.39 is 0 Å². The van der Waals surface area contributed by atoms with Crippen LogP contribution in [0, 0.1) is 11.3 Å². The van der Waals surface area contributed by atoms with Gasteiger partial charge in [-0.05, 0) is 25.3 Å². The lowest BCUT2D eigenvalue weighted by Gasteiger charge is -2.47. The zero-order valence-corrected chi connectivity index (χ0v) is 12.7. The Hall–Kier alpha value is -1.61. The lowest BCUT2D eigenvalue weighted by molar-refractivity contribution is -0.156. The van der Waals surface area contributed by atoms with Gasteiger partial charge in [0.1, 0.15) is 0 Å². The van der Waals surface area contributed by atoms with E-state index in [-0.39, 0.29) is 17.5 Å². The first-order chi connectivity index (χ1) is 10.1. The predicted octanol–water partition coefficient (Wildman–Crippen LogP) is 3.66. The van der Waals surface area contributed by atoms with E-state index in [2.05, 4.69) is 37.3 Å². The van der Waals surface area contributed by atoms with Crippen molar-refractivity contribution >= 4 is 5.97 Å². The van der Waals surface area contributed by atoms with E-state index in [1.54, 1.807) is 0 Å². The molecule has 2 aliphatic rings. The molecule has 3 atom stereocenters. The van der Waals surface area contributed by atoms with E-state index in [1.807, 2.05) is 6.07 Å². The molecule has 0 unspecified atom stereocenters. The van der Waals surface area contributed by atoms with Crippen molar-refractivity contribution in [2.75, 3.05) is 13.2 Å². The molecule has 21 heavy (non-hydrogen) atoms. The molecule has 1 aliphatic heterocycles. The molecule has 1 heterocycles. The highest BCUT2D eigenvalue weighted by molar-refractivity contribution is 5.65. The second-order valence-corrected chi connectivity index (χ2v) is 6.39. The number of hydrogen-bond donors (Lipinski definition) is 0. The van der Waals surface area contributed by atoms with Crippen LogP contribution in [0.4, 0.5) is 0 Å². The Morgan fingerprint density at radius 1 is 1.38 bits per heavy atom. The van der Waals surface area contributed by atoms with Gasteiger partial charge in [-0.1, -0.05) is 42.0 Å². The highest BCUT2D eigenvalue weighted by Gasteiger charge is 2.45. The van der Waals surface area contributed by atoms with Gasteiger partial charge in [0.25, 0.3) is 0 Å². The van der Waals surface area contributed by atoms with E-state index in [4.69, 9.17) is 9.47 Å². The molecule has 1 aromatic carbocycles. The number of ether oxygens (including phenoxy) is 2. The third kappa shape index (κ3) is 2.88. The third-order valence-corrected chi connectivity index (χ3v) is 4.74. The van der Waals surface area contributed by atoms with Crippen molar-refractivity contribution in [1.82, 2.24) is 0 Å². The van der Waals surface area contributed by atoms with Crippen LogP contribution in [0.3, 0.4) is 0 Å². The van der Waals surface area contributed by atoms with Gasteiger partial charge in [0.2, 0.25) is 0 Å². The molecule has 0 spiro atoms. The van der Waals surface area contributed by atoms with Crippen molar-refractivity contribution in [2.24, 2.45) is 11.3 Å². The molecule has 1 fully saturated rings. The van der Waals surface area contributed by atoms with Crippen molar-refractivity contribution in [1.29, 1.82) is 0 Å². The fourth-order valence-corrected chi connectivity index (χ4v) is 3.47. The summed E-state index contributed by atoms with van der Waals surface area (Å²) in [6, 6.07) is 10.4. The van der Waals surface area contributed by atoms with Crippen molar-refractivity contribution in [2.45, 2.75) is 32.8 Å². The van der Waals surface area contributed by atoms with Crippen LogP contribution in [0.25, 0.3) is 0 Å². The number of hydrogen-bond acceptors (Lipinski definition) is 3. The summed E-state index contributed by atoms with van der Waals surface area (Å²) in [6.07, 6.45) is 4.38. The second-order valence-electron chi connectivity index (χ2n) is 6.39. The molecule has 0 aromatic heterocycles. The number of rotatable bonds is 3. The quantitative estimate of drug-likeness (QED) is 0.628. The minimum atomic E-state index is -0.211. The number of carbonyl (C=O) groups is 1. The maximum atomic E-state index is 11.1. The van der Waals surface area contributed by atoms with Gasteiger partial charge in [-0.25, -0.2) is 0 Å². The number of fused-ring (bicyclic) bond motifs is 2. The first-order valence-electron chi connectivity index (χ1n) is 7.56. The van der Waals surface area contributed by atoms with Crippen LogP contribution < -0.4 is 0 Å². The molecular weight excluding hydrogens is 264 g/mol. The average molecular weight is 286 g/mol. The molecule has 0 N–H and O–H groups in total. The second kappa shape index (κ2) is 5.64. The van der Waals surface area contributed by atoms with Gasteiger partial charge in [0, 0.05) is 18.3 Å². The molecule has 1 aliphatic carbocycles. The molecule has 3 rings (SSSR count). The minimum absolute atomic E-state index is 0.0405. The Bertz CT molecular complexity index is 549. The molecular formula is C18H22O3. The summed E-state index contributed by atoms with van der Waals surface area (Å²) in [7, 11) is 0. The standard InChI is InChI=1S/C18H22O3/c1-13-8-9-18(11-20-14(2)19)10-16(13)17(21-12-18)15-6-4-3-5-7-15/h3-8,16-17H,9-12H2,1-2H3/t16-,17+,18+/m1/s1. The summed E-state index contributed by atoms with van der Waals surface area (Å²) in [5, 5.41) is 0. The molecule has 1 aromatic rings. The molecule has 0 saturated carbocycles. The van der Waals surface area contributed by atoms with Crippen LogP contribution in [0.2, 0.25) is 0 Å². The summed E-state index contributed by atoms with van der Waals surface area (Å²) in [5.41, 5.74) is 2.58. The fourth-order valence-electron chi connectivity index (χ4n) is 3.47. The maximum Gasteiger partial charge on any atom is 0.302 e. The number of carbonyl (C=O) groups excluding carboxylic acids is 1. The molecule has 0 amide bonds. The Morgan fingerprint density at radius 3 is 2.86 bits per heavy atom. The summed E-state index contributed by atoms with van der Waals surface area (Å²) in [4.78, 5) is 11.1. The fraction of sp³-hybridized carbons (Fsp3) is 0.500. The molecule has 0 radical (unpaired) electrons. The van der Waals surface area contributed by atoms with Crippen molar-refractivity contribution in [3.05, 3.63) is 47.5 Å². The Labute approximate surface area is 125 Å². The maximum absolute atomic E-state index is 11.1. The number of benzene rings is 1. The first kappa shape index (κ1) is 14.3. The Kier molecular flexibility index (Phi) is 3.85. The molecule has 2 bridgehead atoms. The lowest BCUT2D eigenvalue weighted by atomic mass is 9.67. The smallest absolute Gasteiger partial charge is 0.302 e. The lowest BCUT2D eigenvalue weighted by Crippen LogP contribution is -2.44. The van der Waals surface area contributed by atoms with Crippen LogP contribution in [0.1, 0.15) is 38.4 Å². The summed E-state index contributed by atoms with van der Waals surface area (Å²) >= 11 is 0. The van der Waals surface area contributed by atoms with Gasteiger partial charge in [-0.15, -0.1) is 0 Å². The summed E-state index contributed by atoms with van der Waals surface area (Å²) in [5.74, 6) is 0.169. The van der Waals surface area contributed by atoms with E-state index >= 15 is 0 Å². The van der Waals surface area contributed by atoms with Gasteiger partial charge >= 0.3 is 5.97 Å². The van der Waals surface area contributed by atoms with Crippen LogP contribution in [0.5, 0.6) is 0 Å². The van der Waals surface area contributed by atoms with E-state index in [0.717, 1.165) is 12.8 Å². The minimum Gasteiger partial charge on any atom is -0.465 e. The van der Waals surface area contributed by atoms with Gasteiger partial charge in [-0.3, -0.25) is 4.79 Å². The van der Waals surface area contributed by atoms with E-state index in [9.17, 15) is 4.79 Å². The van der Waals surface area contributed by atoms with Gasteiger partial charge in [0.05, 0.1) is 19.3 Å². The zero-order chi connectivity index (χ0) is 14.9.